The van der Waals surface area contributed by atoms with Gasteiger partial charge in [0.2, 0.25) is 6.29 Å². The van der Waals surface area contributed by atoms with Crippen LogP contribution in [-0.4, -0.2) is 68.8 Å². The van der Waals surface area contributed by atoms with Gasteiger partial charge in [-0.3, -0.25) is 4.79 Å². The molecule has 8 nitrogen and oxygen atoms in total. The van der Waals surface area contributed by atoms with Gasteiger partial charge in [-0.2, -0.15) is 0 Å². The van der Waals surface area contributed by atoms with Gasteiger partial charge in [0, 0.05) is 5.56 Å². The zero-order valence-corrected chi connectivity index (χ0v) is 11.6. The second kappa shape index (κ2) is 7.03. The van der Waals surface area contributed by atoms with Crippen molar-refractivity contribution in [1.82, 2.24) is 0 Å². The van der Waals surface area contributed by atoms with Crippen molar-refractivity contribution in [3.63, 3.8) is 0 Å². The third-order valence-corrected chi connectivity index (χ3v) is 3.41. The van der Waals surface area contributed by atoms with Crippen molar-refractivity contribution >= 4 is 5.97 Å². The van der Waals surface area contributed by atoms with E-state index in [1.165, 1.54) is 6.07 Å². The summed E-state index contributed by atoms with van der Waals surface area (Å²) in [4.78, 5) is 10.8. The third kappa shape index (κ3) is 3.54. The number of aliphatic carboxylic acids is 1. The molecule has 22 heavy (non-hydrogen) atoms. The predicted molar refractivity (Wildman–Crippen MR) is 72.2 cm³/mol. The normalized spacial score (nSPS) is 31.7. The minimum absolute atomic E-state index is 0.175. The molecule has 0 saturated carbocycles. The van der Waals surface area contributed by atoms with Crippen molar-refractivity contribution in [2.45, 2.75) is 37.1 Å². The maximum Gasteiger partial charge on any atom is 0.307 e. The van der Waals surface area contributed by atoms with Crippen molar-refractivity contribution < 1.29 is 39.8 Å². The van der Waals surface area contributed by atoms with Gasteiger partial charge in [0.15, 0.2) is 0 Å². The second-order valence-corrected chi connectivity index (χ2v) is 4.99. The molecule has 2 rings (SSSR count). The molecule has 5 N–H and O–H groups in total. The maximum atomic E-state index is 10.8. The smallest absolute Gasteiger partial charge is 0.307 e. The number of hydrogen-bond acceptors (Lipinski definition) is 7. The minimum Gasteiger partial charge on any atom is -0.481 e. The van der Waals surface area contributed by atoms with E-state index in [9.17, 15) is 20.1 Å². The van der Waals surface area contributed by atoms with E-state index in [4.69, 9.17) is 19.7 Å². The molecule has 1 fully saturated rings. The average molecular weight is 314 g/mol. The van der Waals surface area contributed by atoms with Crippen LogP contribution >= 0.6 is 0 Å². The van der Waals surface area contributed by atoms with E-state index in [-0.39, 0.29) is 12.2 Å². The molecule has 1 aliphatic heterocycles. The lowest BCUT2D eigenvalue weighted by molar-refractivity contribution is -0.277. The summed E-state index contributed by atoms with van der Waals surface area (Å²) in [6.45, 7) is -0.568. The zero-order chi connectivity index (χ0) is 16.3. The molecule has 122 valence electrons. The van der Waals surface area contributed by atoms with Crippen molar-refractivity contribution in [3.8, 4) is 5.75 Å². The SMILES string of the molecule is O=C(O)Cc1ccccc1O[C@@H]1O[C@H](CO)[C@@H](O)[C@H](O)[C@@H]1O. The highest BCUT2D eigenvalue weighted by molar-refractivity contribution is 5.71. The molecule has 0 spiro atoms. The molecular weight excluding hydrogens is 296 g/mol. The quantitative estimate of drug-likeness (QED) is 0.442. The Hall–Kier alpha value is -1.71. The van der Waals surface area contributed by atoms with Gasteiger partial charge < -0.3 is 35.0 Å². The standard InChI is InChI=1S/C14H18O8/c15-6-9-11(18)12(19)13(20)14(22-9)21-8-4-2-1-3-7(8)5-10(16)17/h1-4,9,11-15,18-20H,5-6H2,(H,16,17)/t9-,11-,12+,13+,14-/m1/s1. The van der Waals surface area contributed by atoms with E-state index in [1.807, 2.05) is 0 Å². The van der Waals surface area contributed by atoms with Gasteiger partial charge in [0.05, 0.1) is 13.0 Å². The topological polar surface area (TPSA) is 137 Å². The first kappa shape index (κ1) is 16.7. The molecule has 8 heteroatoms. The van der Waals surface area contributed by atoms with Gasteiger partial charge in [0.1, 0.15) is 30.2 Å². The lowest BCUT2D eigenvalue weighted by Gasteiger charge is -2.39. The molecule has 1 aromatic carbocycles. The number of aliphatic hydroxyl groups excluding tert-OH is 4. The molecule has 1 heterocycles. The lowest BCUT2D eigenvalue weighted by atomic mass is 9.99. The number of ether oxygens (including phenoxy) is 2. The molecule has 5 atom stereocenters. The molecule has 1 aliphatic rings. The Balaban J connectivity index is 2.17. The fourth-order valence-corrected chi connectivity index (χ4v) is 2.22. The van der Waals surface area contributed by atoms with Crippen LogP contribution in [0.2, 0.25) is 0 Å². The maximum absolute atomic E-state index is 10.8. The number of hydrogen-bond donors (Lipinski definition) is 5. The monoisotopic (exact) mass is 314 g/mol. The first-order valence-electron chi connectivity index (χ1n) is 6.71. The Kier molecular flexibility index (Phi) is 5.33. The highest BCUT2D eigenvalue weighted by atomic mass is 16.7. The molecule has 0 radical (unpaired) electrons. The van der Waals surface area contributed by atoms with Gasteiger partial charge in [-0.25, -0.2) is 0 Å². The number of rotatable bonds is 5. The van der Waals surface area contributed by atoms with Crippen molar-refractivity contribution in [1.29, 1.82) is 0 Å². The van der Waals surface area contributed by atoms with Crippen molar-refractivity contribution in [2.75, 3.05) is 6.61 Å². The van der Waals surface area contributed by atoms with Crippen LogP contribution in [0.5, 0.6) is 5.75 Å². The lowest BCUT2D eigenvalue weighted by Crippen LogP contribution is -2.60. The Morgan fingerprint density at radius 3 is 2.45 bits per heavy atom. The van der Waals surface area contributed by atoms with Crippen LogP contribution in [0, 0.1) is 0 Å². The molecule has 0 unspecified atom stereocenters. The number of aliphatic hydroxyl groups is 4. The molecule has 0 aliphatic carbocycles. The number of carboxylic acid groups (broad SMARTS) is 1. The average Bonchev–Trinajstić information content (AvgIpc) is 2.49. The molecule has 0 amide bonds. The van der Waals surface area contributed by atoms with E-state index in [1.54, 1.807) is 18.2 Å². The van der Waals surface area contributed by atoms with E-state index in [2.05, 4.69) is 0 Å². The van der Waals surface area contributed by atoms with Gasteiger partial charge in [-0.15, -0.1) is 0 Å². The summed E-state index contributed by atoms with van der Waals surface area (Å²) in [6.07, 6.45) is -7.29. The second-order valence-electron chi connectivity index (χ2n) is 4.99. The largest absolute Gasteiger partial charge is 0.481 e. The summed E-state index contributed by atoms with van der Waals surface area (Å²) < 4.78 is 10.6. The number of benzene rings is 1. The Bertz CT molecular complexity index is 517. The molecule has 1 aromatic rings. The first-order chi connectivity index (χ1) is 10.4. The first-order valence-corrected chi connectivity index (χ1v) is 6.71. The van der Waals surface area contributed by atoms with E-state index in [0.29, 0.717) is 5.56 Å². The fraction of sp³-hybridized carbons (Fsp3) is 0.500. The molecule has 1 saturated heterocycles. The van der Waals surface area contributed by atoms with Gasteiger partial charge in [-0.1, -0.05) is 18.2 Å². The van der Waals surface area contributed by atoms with Crippen LogP contribution in [0.3, 0.4) is 0 Å². The van der Waals surface area contributed by atoms with Gasteiger partial charge in [-0.05, 0) is 6.07 Å². The summed E-state index contributed by atoms with van der Waals surface area (Å²) in [7, 11) is 0. The summed E-state index contributed by atoms with van der Waals surface area (Å²) in [5, 5.41) is 47.3. The van der Waals surface area contributed by atoms with Crippen LogP contribution < -0.4 is 4.74 Å². The minimum atomic E-state index is -1.55. The van der Waals surface area contributed by atoms with Crippen molar-refractivity contribution in [3.05, 3.63) is 29.8 Å². The summed E-state index contributed by atoms with van der Waals surface area (Å²) in [6, 6.07) is 6.30. The van der Waals surface area contributed by atoms with Crippen LogP contribution in [-0.2, 0) is 16.0 Å². The summed E-state index contributed by atoms with van der Waals surface area (Å²) in [5.74, 6) is -0.876. The molecule has 0 aromatic heterocycles. The Labute approximate surface area is 126 Å². The predicted octanol–water partition coefficient (Wildman–Crippen LogP) is -1.51. The number of carboxylic acids is 1. The van der Waals surface area contributed by atoms with Crippen LogP contribution in [0.15, 0.2) is 24.3 Å². The molecular formula is C14H18O8. The van der Waals surface area contributed by atoms with Crippen LogP contribution in [0.25, 0.3) is 0 Å². The van der Waals surface area contributed by atoms with Gasteiger partial charge >= 0.3 is 5.97 Å². The van der Waals surface area contributed by atoms with E-state index >= 15 is 0 Å². The molecule has 0 bridgehead atoms. The van der Waals surface area contributed by atoms with Gasteiger partial charge in [0.25, 0.3) is 0 Å². The third-order valence-electron chi connectivity index (χ3n) is 3.41. The Morgan fingerprint density at radius 2 is 1.82 bits per heavy atom. The highest BCUT2D eigenvalue weighted by Crippen LogP contribution is 2.26. The highest BCUT2D eigenvalue weighted by Gasteiger charge is 2.44. The number of carbonyl (C=O) groups is 1. The van der Waals surface area contributed by atoms with Crippen LogP contribution in [0.1, 0.15) is 5.56 Å². The number of para-hydroxylation sites is 1. The van der Waals surface area contributed by atoms with E-state index in [0.717, 1.165) is 0 Å². The Morgan fingerprint density at radius 1 is 1.14 bits per heavy atom. The van der Waals surface area contributed by atoms with Crippen LogP contribution in [0.4, 0.5) is 0 Å². The van der Waals surface area contributed by atoms with E-state index < -0.39 is 43.3 Å². The zero-order valence-electron chi connectivity index (χ0n) is 11.6. The van der Waals surface area contributed by atoms with Crippen molar-refractivity contribution in [2.24, 2.45) is 0 Å². The summed E-state index contributed by atoms with van der Waals surface area (Å²) >= 11 is 0. The summed E-state index contributed by atoms with van der Waals surface area (Å²) in [5.41, 5.74) is 0.368. The fourth-order valence-electron chi connectivity index (χ4n) is 2.22.